The monoisotopic (exact) mass is 687 g/mol. The molecule has 48 heavy (non-hydrogen) atoms. The van der Waals surface area contributed by atoms with E-state index in [1.54, 1.807) is 0 Å². The third-order valence-electron chi connectivity index (χ3n) is 8.24. The van der Waals surface area contributed by atoms with Crippen molar-refractivity contribution in [2.45, 2.75) is 70.1 Å². The van der Waals surface area contributed by atoms with Crippen LogP contribution in [0.5, 0.6) is 0 Å². The number of benzene rings is 3. The minimum absolute atomic E-state index is 0.0172. The lowest BCUT2D eigenvalue weighted by Crippen LogP contribution is -2.40. The molecular formula is C37H40F4N4O2S. The lowest BCUT2D eigenvalue weighted by molar-refractivity contribution is -0.137. The largest absolute Gasteiger partial charge is 0.416 e. The second-order valence-electron chi connectivity index (χ2n) is 11.3. The Morgan fingerprint density at radius 1 is 1.02 bits per heavy atom. The molecule has 0 unspecified atom stereocenters. The molecule has 0 radical (unpaired) electrons. The van der Waals surface area contributed by atoms with Crippen molar-refractivity contribution in [2.75, 3.05) is 26.2 Å². The normalized spacial score (nSPS) is 15.5. The highest BCUT2D eigenvalue weighted by Gasteiger charge is 2.30. The van der Waals surface area contributed by atoms with Gasteiger partial charge >= 0.3 is 6.18 Å². The van der Waals surface area contributed by atoms with Gasteiger partial charge in [-0.2, -0.15) is 18.2 Å². The molecule has 0 spiro atoms. The lowest BCUT2D eigenvalue weighted by Gasteiger charge is -2.28. The van der Waals surface area contributed by atoms with Crippen LogP contribution in [-0.2, 0) is 42.6 Å². The van der Waals surface area contributed by atoms with E-state index < -0.39 is 59.0 Å². The summed E-state index contributed by atoms with van der Waals surface area (Å²) < 4.78 is 117. The molecule has 4 aromatic rings. The van der Waals surface area contributed by atoms with Gasteiger partial charge < -0.3 is 14.4 Å². The zero-order valence-corrected chi connectivity index (χ0v) is 27.6. The average molecular weight is 688 g/mol. The maximum atomic E-state index is 14.7. The SMILES string of the molecule is [2H]c1c([2H])c(-c2ccc(C(F)(F)F)cc2)c([2H])c(C)c1CN(CCN(CC)CC)C(=O)C([2H])([2H])n1c(SC([2H])([2H])c2ccc(F)cc2)nc(=O)c2c1CCC2. The molecule has 0 atom stereocenters. The van der Waals surface area contributed by atoms with Crippen molar-refractivity contribution in [1.82, 2.24) is 19.4 Å². The molecule has 6 nitrogen and oxygen atoms in total. The van der Waals surface area contributed by atoms with Crippen LogP contribution in [0.25, 0.3) is 11.1 Å². The molecule has 1 heterocycles. The number of hydrogen-bond acceptors (Lipinski definition) is 5. The number of nitrogens with zero attached hydrogens (tertiary/aromatic N) is 4. The Morgan fingerprint density at radius 2 is 1.73 bits per heavy atom. The molecule has 0 saturated carbocycles. The minimum Gasteiger partial charge on any atom is -0.336 e. The fourth-order valence-electron chi connectivity index (χ4n) is 5.40. The van der Waals surface area contributed by atoms with Gasteiger partial charge in [0.1, 0.15) is 12.3 Å². The topological polar surface area (TPSA) is 58.4 Å². The Hall–Kier alpha value is -3.96. The van der Waals surface area contributed by atoms with Gasteiger partial charge in [-0.1, -0.05) is 68.0 Å². The molecule has 1 aliphatic carbocycles. The van der Waals surface area contributed by atoms with Gasteiger partial charge in [-0.05, 0) is 91.4 Å². The molecule has 0 aliphatic heterocycles. The van der Waals surface area contributed by atoms with Crippen molar-refractivity contribution in [2.24, 2.45) is 0 Å². The van der Waals surface area contributed by atoms with Crippen molar-refractivity contribution in [3.05, 3.63) is 116 Å². The summed E-state index contributed by atoms with van der Waals surface area (Å²) in [6, 6.07) is 7.42. The Balaban J connectivity index is 1.60. The molecule has 5 rings (SSSR count). The summed E-state index contributed by atoms with van der Waals surface area (Å²) in [4.78, 5) is 35.1. The molecule has 1 aliphatic rings. The fourth-order valence-corrected chi connectivity index (χ4v) is 6.12. The summed E-state index contributed by atoms with van der Waals surface area (Å²) in [5.74, 6) is -1.70. The highest BCUT2D eigenvalue weighted by atomic mass is 32.2. The highest BCUT2D eigenvalue weighted by Crippen LogP contribution is 2.32. The van der Waals surface area contributed by atoms with E-state index in [9.17, 15) is 29.9 Å². The first kappa shape index (κ1) is 26.9. The molecule has 1 amide bonds. The fraction of sp³-hybridized carbons (Fsp3) is 0.378. The maximum absolute atomic E-state index is 14.7. The van der Waals surface area contributed by atoms with Crippen molar-refractivity contribution < 1.29 is 32.0 Å². The molecule has 1 aromatic heterocycles. The van der Waals surface area contributed by atoms with Crippen LogP contribution in [0.2, 0.25) is 0 Å². The molecular weight excluding hydrogens is 640 g/mol. The third kappa shape index (κ3) is 8.54. The maximum Gasteiger partial charge on any atom is 0.416 e. The van der Waals surface area contributed by atoms with Gasteiger partial charge in [0.05, 0.1) is 12.4 Å². The number of hydrogen-bond donors (Lipinski definition) is 0. The number of carbonyl (C=O) groups is 1. The van der Waals surface area contributed by atoms with Crippen LogP contribution in [0, 0.1) is 12.7 Å². The second-order valence-corrected chi connectivity index (χ2v) is 12.1. The Morgan fingerprint density at radius 3 is 2.40 bits per heavy atom. The predicted octanol–water partition coefficient (Wildman–Crippen LogP) is 7.53. The standard InChI is InChI=1S/C37H40F4N4O2S/c1-4-43(5-2)19-20-44(22-29-12-11-28(21-25(29)3)27-13-15-30(16-14-27)37(39,40)41)34(46)23-45-33-8-6-7-32(33)35(47)42-36(45)48-24-26-9-17-31(38)18-10-26/h9-18,21H,4-8,19-20,22-24H2,1-3H3/i11D,12D,21D,23D2,24D2. The van der Waals surface area contributed by atoms with Gasteiger partial charge in [0.25, 0.3) is 5.56 Å². The Kier molecular flexibility index (Phi) is 8.70. The van der Waals surface area contributed by atoms with E-state index >= 15 is 0 Å². The van der Waals surface area contributed by atoms with E-state index in [2.05, 4.69) is 4.98 Å². The van der Waals surface area contributed by atoms with E-state index in [-0.39, 0.29) is 77.1 Å². The average Bonchev–Trinajstić information content (AvgIpc) is 3.62. The summed E-state index contributed by atoms with van der Waals surface area (Å²) >= 11 is 0.409. The summed E-state index contributed by atoms with van der Waals surface area (Å²) in [5, 5.41) is -0.401. The molecule has 254 valence electrons. The quantitative estimate of drug-likeness (QED) is 0.0827. The van der Waals surface area contributed by atoms with E-state index in [0.29, 0.717) is 31.3 Å². The van der Waals surface area contributed by atoms with Crippen LogP contribution in [0.4, 0.5) is 17.6 Å². The molecule has 0 bridgehead atoms. The number of alkyl halides is 3. The van der Waals surface area contributed by atoms with Gasteiger partial charge in [-0.25, -0.2) is 4.39 Å². The van der Waals surface area contributed by atoms with E-state index in [1.807, 2.05) is 18.7 Å². The Labute approximate surface area is 292 Å². The summed E-state index contributed by atoms with van der Waals surface area (Å²) in [7, 11) is 0. The van der Waals surface area contributed by atoms with Crippen LogP contribution in [-0.4, -0.2) is 51.4 Å². The van der Waals surface area contributed by atoms with Gasteiger partial charge in [-0.3, -0.25) is 9.59 Å². The molecule has 0 N–H and O–H groups in total. The molecule has 0 fully saturated rings. The zero-order valence-electron chi connectivity index (χ0n) is 33.8. The lowest BCUT2D eigenvalue weighted by atomic mass is 9.98. The first-order valence-corrected chi connectivity index (χ1v) is 16.4. The number of thioether (sulfide) groups is 1. The summed E-state index contributed by atoms with van der Waals surface area (Å²) in [6.07, 6.45) is -3.65. The summed E-state index contributed by atoms with van der Waals surface area (Å²) in [6.45, 7) is 3.35. The number of amides is 1. The van der Waals surface area contributed by atoms with Crippen LogP contribution in [0.15, 0.2) is 76.6 Å². The second kappa shape index (κ2) is 15.5. The van der Waals surface area contributed by atoms with Crippen molar-refractivity contribution >= 4 is 17.7 Å². The summed E-state index contributed by atoms with van der Waals surface area (Å²) in [5.41, 5.74) is -3.21. The number of halogens is 4. The highest BCUT2D eigenvalue weighted by molar-refractivity contribution is 7.98. The van der Waals surface area contributed by atoms with Crippen molar-refractivity contribution in [3.8, 4) is 11.1 Å². The molecule has 0 saturated heterocycles. The first-order chi connectivity index (χ1) is 25.7. The number of aromatic nitrogens is 2. The van der Waals surface area contributed by atoms with Gasteiger partial charge in [-0.15, -0.1) is 0 Å². The minimum atomic E-state index is -4.60. The number of rotatable bonds is 13. The Bertz CT molecular complexity index is 2100. The van der Waals surface area contributed by atoms with Crippen LogP contribution < -0.4 is 5.56 Å². The first-order valence-electron chi connectivity index (χ1n) is 19.1. The van der Waals surface area contributed by atoms with Gasteiger partial charge in [0.15, 0.2) is 5.16 Å². The van der Waals surface area contributed by atoms with E-state index in [0.717, 1.165) is 45.9 Å². The zero-order chi connectivity index (χ0) is 40.6. The third-order valence-corrected chi connectivity index (χ3v) is 9.03. The smallest absolute Gasteiger partial charge is 0.336 e. The van der Waals surface area contributed by atoms with Crippen molar-refractivity contribution in [1.29, 1.82) is 0 Å². The van der Waals surface area contributed by atoms with Crippen LogP contribution >= 0.6 is 11.8 Å². The van der Waals surface area contributed by atoms with Crippen molar-refractivity contribution in [3.63, 3.8) is 0 Å². The van der Waals surface area contributed by atoms with E-state index in [1.165, 1.54) is 19.1 Å². The molecule has 3 aromatic carbocycles. The van der Waals surface area contributed by atoms with E-state index in [4.69, 9.17) is 6.85 Å². The van der Waals surface area contributed by atoms with Gasteiger partial charge in [0, 0.05) is 39.3 Å². The number of carbonyl (C=O) groups excluding carboxylic acids is 1. The number of fused-ring (bicyclic) bond motifs is 1. The van der Waals surface area contributed by atoms with Crippen LogP contribution in [0.1, 0.15) is 63.4 Å². The van der Waals surface area contributed by atoms with Crippen LogP contribution in [0.3, 0.4) is 0 Å². The molecule has 11 heteroatoms. The predicted molar refractivity (Wildman–Crippen MR) is 181 cm³/mol. The van der Waals surface area contributed by atoms with Gasteiger partial charge in [0.2, 0.25) is 5.91 Å². The number of likely N-dealkylation sites (N-methyl/N-ethyl adjacent to an activating group) is 1.